The molecular formula is C18H30IN9O. The molecule has 4 rings (SSSR count). The van der Waals surface area contributed by atoms with E-state index in [0.717, 1.165) is 74.6 Å². The Morgan fingerprint density at radius 2 is 2.14 bits per heavy atom. The van der Waals surface area contributed by atoms with E-state index in [2.05, 4.69) is 30.9 Å². The maximum atomic E-state index is 5.73. The van der Waals surface area contributed by atoms with Gasteiger partial charge in [0.25, 0.3) is 0 Å². The van der Waals surface area contributed by atoms with E-state index in [1.807, 2.05) is 30.1 Å². The summed E-state index contributed by atoms with van der Waals surface area (Å²) in [6, 6.07) is 0.255. The molecule has 2 aromatic heterocycles. The number of aliphatic imine (C=N–C) groups is 1. The van der Waals surface area contributed by atoms with Gasteiger partial charge in [0.2, 0.25) is 0 Å². The Kier molecular flexibility index (Phi) is 7.44. The average Bonchev–Trinajstić information content (AvgIpc) is 3.39. The predicted molar refractivity (Wildman–Crippen MR) is 119 cm³/mol. The highest BCUT2D eigenvalue weighted by atomic mass is 127. The molecule has 4 heterocycles. The summed E-state index contributed by atoms with van der Waals surface area (Å²) in [5.41, 5.74) is 0. The number of nitrogens with zero attached hydrogens (tertiary/aromatic N) is 7. The fraction of sp³-hybridized carbons (Fsp3) is 0.722. The van der Waals surface area contributed by atoms with E-state index in [9.17, 15) is 0 Å². The molecule has 0 aliphatic carbocycles. The minimum absolute atomic E-state index is 0. The minimum atomic E-state index is 0. The van der Waals surface area contributed by atoms with Crippen LogP contribution in [0.2, 0.25) is 0 Å². The number of halogens is 1. The van der Waals surface area contributed by atoms with Gasteiger partial charge in [-0.3, -0.25) is 0 Å². The van der Waals surface area contributed by atoms with Gasteiger partial charge >= 0.3 is 0 Å². The molecule has 0 radical (unpaired) electrons. The van der Waals surface area contributed by atoms with Crippen molar-refractivity contribution < 1.29 is 4.74 Å². The smallest absolute Gasteiger partial charge is 0.192 e. The van der Waals surface area contributed by atoms with E-state index in [4.69, 9.17) is 9.73 Å². The van der Waals surface area contributed by atoms with Gasteiger partial charge in [0.1, 0.15) is 24.0 Å². The Labute approximate surface area is 187 Å². The van der Waals surface area contributed by atoms with Crippen LogP contribution in [0.5, 0.6) is 0 Å². The van der Waals surface area contributed by atoms with Gasteiger partial charge in [0, 0.05) is 32.7 Å². The zero-order chi connectivity index (χ0) is 19.5. The summed E-state index contributed by atoms with van der Waals surface area (Å²) in [6.07, 6.45) is 4.39. The van der Waals surface area contributed by atoms with E-state index in [0.29, 0.717) is 6.54 Å². The first-order valence-electron chi connectivity index (χ1n) is 10.00. The van der Waals surface area contributed by atoms with E-state index < -0.39 is 0 Å². The summed E-state index contributed by atoms with van der Waals surface area (Å²) in [4.78, 5) is 9.24. The Balaban J connectivity index is 0.00000240. The monoisotopic (exact) mass is 515 g/mol. The first-order chi connectivity index (χ1) is 13.6. The third-order valence-electron chi connectivity index (χ3n) is 5.39. The van der Waals surface area contributed by atoms with Crippen molar-refractivity contribution in [1.29, 1.82) is 0 Å². The maximum Gasteiger partial charge on any atom is 0.192 e. The van der Waals surface area contributed by atoms with Gasteiger partial charge in [-0.25, -0.2) is 14.7 Å². The van der Waals surface area contributed by atoms with Gasteiger partial charge in [-0.05, 0) is 33.1 Å². The fourth-order valence-electron chi connectivity index (χ4n) is 3.65. The number of aromatic nitrogens is 6. The van der Waals surface area contributed by atoms with Gasteiger partial charge in [-0.2, -0.15) is 5.10 Å². The molecule has 2 aliphatic heterocycles. The number of nitrogens with one attached hydrogen (secondary N) is 2. The van der Waals surface area contributed by atoms with Crippen molar-refractivity contribution >= 4 is 29.9 Å². The van der Waals surface area contributed by atoms with Crippen molar-refractivity contribution in [3.8, 4) is 0 Å². The van der Waals surface area contributed by atoms with E-state index in [1.165, 1.54) is 0 Å². The van der Waals surface area contributed by atoms with Gasteiger partial charge < -0.3 is 19.9 Å². The summed E-state index contributed by atoms with van der Waals surface area (Å²) >= 11 is 0. The van der Waals surface area contributed by atoms with Crippen molar-refractivity contribution in [2.75, 3.05) is 13.2 Å². The largest absolute Gasteiger partial charge is 0.376 e. The highest BCUT2D eigenvalue weighted by Gasteiger charge is 2.22. The number of fused-ring (bicyclic) bond motifs is 1. The Hall–Kier alpha value is -1.76. The molecule has 0 aromatic carbocycles. The zero-order valence-electron chi connectivity index (χ0n) is 17.3. The summed E-state index contributed by atoms with van der Waals surface area (Å²) in [5.74, 6) is 4.40. The molecule has 2 N–H and O–H groups in total. The molecule has 1 saturated heterocycles. The van der Waals surface area contributed by atoms with Crippen LogP contribution in [-0.4, -0.2) is 60.8 Å². The molecule has 0 amide bonds. The summed E-state index contributed by atoms with van der Waals surface area (Å²) < 4.78 is 9.70. The molecule has 2 aliphatic rings. The van der Waals surface area contributed by atoms with Crippen molar-refractivity contribution in [2.45, 2.75) is 64.8 Å². The summed E-state index contributed by atoms with van der Waals surface area (Å²) in [7, 11) is 1.96. The lowest BCUT2D eigenvalue weighted by Crippen LogP contribution is -2.48. The molecule has 2 unspecified atom stereocenters. The summed E-state index contributed by atoms with van der Waals surface area (Å²) in [5, 5.41) is 19.8. The van der Waals surface area contributed by atoms with Crippen molar-refractivity contribution in [1.82, 2.24) is 40.2 Å². The first kappa shape index (κ1) is 21.9. The molecule has 2 atom stereocenters. The van der Waals surface area contributed by atoms with Crippen LogP contribution in [0.1, 0.15) is 42.6 Å². The number of guanidine groups is 1. The third-order valence-corrected chi connectivity index (χ3v) is 5.39. The molecule has 10 nitrogen and oxygen atoms in total. The molecular weight excluding hydrogens is 485 g/mol. The van der Waals surface area contributed by atoms with Crippen molar-refractivity contribution in [3.63, 3.8) is 0 Å². The molecule has 2 aromatic rings. The van der Waals surface area contributed by atoms with Crippen molar-refractivity contribution in [2.24, 2.45) is 12.0 Å². The lowest BCUT2D eigenvalue weighted by Gasteiger charge is -2.26. The first-order valence-corrected chi connectivity index (χ1v) is 10.00. The van der Waals surface area contributed by atoms with Crippen LogP contribution < -0.4 is 10.6 Å². The fourth-order valence-corrected chi connectivity index (χ4v) is 3.65. The van der Waals surface area contributed by atoms with Gasteiger partial charge in [0.15, 0.2) is 11.8 Å². The number of hydrogen-bond acceptors (Lipinski definition) is 6. The average molecular weight is 515 g/mol. The number of ether oxygens (including phenoxy) is 1. The molecule has 29 heavy (non-hydrogen) atoms. The van der Waals surface area contributed by atoms with Crippen LogP contribution in [-0.2, 0) is 31.3 Å². The number of aryl methyl sites for hydroxylation is 3. The molecule has 160 valence electrons. The quantitative estimate of drug-likeness (QED) is 0.346. The Bertz CT molecular complexity index is 841. The maximum absolute atomic E-state index is 5.73. The van der Waals surface area contributed by atoms with E-state index >= 15 is 0 Å². The van der Waals surface area contributed by atoms with Gasteiger partial charge in [0.05, 0.1) is 12.6 Å². The predicted octanol–water partition coefficient (Wildman–Crippen LogP) is 0.871. The topological polar surface area (TPSA) is 107 Å². The SMILES string of the molecule is Cc1nc2n(n1)CC(NC(=NCc1nnc(C)n1C)NCC1CCCO1)CC2.I. The number of rotatable bonds is 5. The van der Waals surface area contributed by atoms with Gasteiger partial charge in [-0.15, -0.1) is 34.2 Å². The number of hydrogen-bond donors (Lipinski definition) is 2. The normalized spacial score (nSPS) is 21.6. The highest BCUT2D eigenvalue weighted by molar-refractivity contribution is 14.0. The van der Waals surface area contributed by atoms with E-state index in [1.54, 1.807) is 0 Å². The van der Waals surface area contributed by atoms with E-state index in [-0.39, 0.29) is 36.1 Å². The molecule has 0 spiro atoms. The van der Waals surface area contributed by atoms with Crippen LogP contribution in [0, 0.1) is 13.8 Å². The molecule has 0 bridgehead atoms. The molecule has 11 heteroatoms. The van der Waals surface area contributed by atoms with Crippen LogP contribution in [0.15, 0.2) is 4.99 Å². The molecule has 0 saturated carbocycles. The summed E-state index contributed by atoms with van der Waals surface area (Å²) in [6.45, 7) is 6.74. The second-order valence-corrected chi connectivity index (χ2v) is 7.54. The standard InChI is InChI=1S/C18H29N9O.HI/c1-12-21-16-7-6-14(11-27(16)25-12)22-18(19-9-15-5-4-8-28-15)20-10-17-24-23-13(2)26(17)3;/h14-15H,4-11H2,1-3H3,(H2,19,20,22);1H. The zero-order valence-corrected chi connectivity index (χ0v) is 19.6. The second kappa shape index (κ2) is 9.83. The van der Waals surface area contributed by atoms with Crippen LogP contribution in [0.3, 0.4) is 0 Å². The van der Waals surface area contributed by atoms with Crippen molar-refractivity contribution in [3.05, 3.63) is 23.3 Å². The van der Waals surface area contributed by atoms with Gasteiger partial charge in [-0.1, -0.05) is 0 Å². The second-order valence-electron chi connectivity index (χ2n) is 7.54. The Morgan fingerprint density at radius 3 is 2.86 bits per heavy atom. The third kappa shape index (κ3) is 5.44. The molecule has 1 fully saturated rings. The lowest BCUT2D eigenvalue weighted by molar-refractivity contribution is 0.113. The Morgan fingerprint density at radius 1 is 1.28 bits per heavy atom. The van der Waals surface area contributed by atoms with Crippen LogP contribution in [0.25, 0.3) is 0 Å². The minimum Gasteiger partial charge on any atom is -0.376 e. The highest BCUT2D eigenvalue weighted by Crippen LogP contribution is 2.13. The van der Waals surface area contributed by atoms with Crippen LogP contribution in [0.4, 0.5) is 0 Å². The van der Waals surface area contributed by atoms with Crippen LogP contribution >= 0.6 is 24.0 Å². The lowest BCUT2D eigenvalue weighted by atomic mass is 10.1.